The van der Waals surface area contributed by atoms with Gasteiger partial charge in [0.25, 0.3) is 0 Å². The number of alkyl carbamates (subject to hydrolysis) is 1. The Morgan fingerprint density at radius 2 is 1.65 bits per heavy atom. The zero-order valence-corrected chi connectivity index (χ0v) is 15.2. The van der Waals surface area contributed by atoms with Crippen molar-refractivity contribution in [3.05, 3.63) is 59.7 Å². The number of nitrogens with one attached hydrogen (secondary N) is 1. The summed E-state index contributed by atoms with van der Waals surface area (Å²) >= 11 is 0. The molecule has 0 bridgehead atoms. The molecule has 0 saturated heterocycles. The monoisotopic (exact) mass is 395 g/mol. The Morgan fingerprint density at radius 3 is 2.19 bits per heavy atom. The zero-order valence-electron chi connectivity index (χ0n) is 13.5. The van der Waals surface area contributed by atoms with Gasteiger partial charge in [-0.1, -0.05) is 48.5 Å². The Morgan fingerprint density at radius 1 is 1.12 bits per heavy atom. The third kappa shape index (κ3) is 4.36. The number of aliphatic hydroxyl groups is 1. The predicted octanol–water partition coefficient (Wildman–Crippen LogP) is 2.38. The van der Waals surface area contributed by atoms with E-state index >= 15 is 0 Å². The summed E-state index contributed by atoms with van der Waals surface area (Å²) in [6.45, 7) is 0.0814. The van der Waals surface area contributed by atoms with E-state index in [4.69, 9.17) is 9.29 Å². The molecule has 1 atom stereocenters. The van der Waals surface area contributed by atoms with E-state index in [9.17, 15) is 18.3 Å². The molecule has 1 aliphatic carbocycles. The minimum Gasteiger partial charge on any atom is -0.448 e. The van der Waals surface area contributed by atoms with E-state index in [-0.39, 0.29) is 23.3 Å². The van der Waals surface area contributed by atoms with Crippen molar-refractivity contribution in [2.75, 3.05) is 12.4 Å². The fourth-order valence-corrected chi connectivity index (χ4v) is 4.26. The molecule has 2 aromatic rings. The maximum Gasteiger partial charge on any atom is 0.409 e. The van der Waals surface area contributed by atoms with E-state index in [1.54, 1.807) is 0 Å². The van der Waals surface area contributed by atoms with Gasteiger partial charge in [0.05, 0.1) is 5.75 Å². The van der Waals surface area contributed by atoms with Gasteiger partial charge in [0, 0.05) is 16.7 Å². The van der Waals surface area contributed by atoms with Gasteiger partial charge in [0.15, 0.2) is 0 Å². The number of carbonyl (C=O) groups is 1. The molecule has 7 nitrogen and oxygen atoms in total. The van der Waals surface area contributed by atoms with Crippen molar-refractivity contribution in [1.29, 1.82) is 0 Å². The van der Waals surface area contributed by atoms with Gasteiger partial charge in [-0.3, -0.25) is 9.87 Å². The molecule has 0 radical (unpaired) electrons. The molecular formula is C17H17NO6S2. The number of ether oxygens (including phenoxy) is 1. The van der Waals surface area contributed by atoms with Gasteiger partial charge in [-0.2, -0.15) is 8.42 Å². The summed E-state index contributed by atoms with van der Waals surface area (Å²) < 4.78 is 35.1. The van der Waals surface area contributed by atoms with E-state index in [0.717, 1.165) is 22.3 Å². The highest BCUT2D eigenvalue weighted by atomic mass is 33.1. The minimum atomic E-state index is -4.28. The molecule has 0 saturated carbocycles. The van der Waals surface area contributed by atoms with Crippen LogP contribution in [0.15, 0.2) is 48.5 Å². The molecule has 0 spiro atoms. The Balaban J connectivity index is 1.62. The van der Waals surface area contributed by atoms with E-state index in [2.05, 4.69) is 5.32 Å². The van der Waals surface area contributed by atoms with Crippen LogP contribution in [0.5, 0.6) is 0 Å². The quantitative estimate of drug-likeness (QED) is 0.391. The molecule has 0 unspecified atom stereocenters. The van der Waals surface area contributed by atoms with Crippen molar-refractivity contribution in [2.24, 2.45) is 0 Å². The van der Waals surface area contributed by atoms with Crippen LogP contribution in [0.1, 0.15) is 17.0 Å². The molecule has 0 aromatic heterocycles. The second-order valence-electron chi connectivity index (χ2n) is 5.70. The summed E-state index contributed by atoms with van der Waals surface area (Å²) in [5, 5.41) is 11.7. The van der Waals surface area contributed by atoms with Crippen molar-refractivity contribution in [3.63, 3.8) is 0 Å². The first kappa shape index (κ1) is 18.7. The van der Waals surface area contributed by atoms with Crippen LogP contribution in [0, 0.1) is 0 Å². The van der Waals surface area contributed by atoms with Crippen LogP contribution < -0.4 is 5.32 Å². The number of carbonyl (C=O) groups excluding carboxylic acids is 1. The van der Waals surface area contributed by atoms with E-state index in [0.29, 0.717) is 0 Å². The van der Waals surface area contributed by atoms with Gasteiger partial charge < -0.3 is 9.84 Å². The molecule has 2 aromatic carbocycles. The van der Waals surface area contributed by atoms with Crippen LogP contribution in [0.2, 0.25) is 0 Å². The lowest BCUT2D eigenvalue weighted by atomic mass is 9.98. The Labute approximate surface area is 154 Å². The summed E-state index contributed by atoms with van der Waals surface area (Å²) in [6, 6.07) is 15.8. The highest BCUT2D eigenvalue weighted by molar-refractivity contribution is 8.69. The summed E-state index contributed by atoms with van der Waals surface area (Å²) in [6.07, 6.45) is -2.33. The van der Waals surface area contributed by atoms with Crippen LogP contribution in [-0.4, -0.2) is 42.8 Å². The average Bonchev–Trinajstić information content (AvgIpc) is 2.92. The topological polar surface area (TPSA) is 113 Å². The number of rotatable bonds is 6. The lowest BCUT2D eigenvalue weighted by Crippen LogP contribution is -2.37. The van der Waals surface area contributed by atoms with E-state index < -0.39 is 27.2 Å². The standard InChI is InChI=1S/C17H17NO6S2/c19-16(10-25-26(21,22)23)18-17(20)24-9-15-13-7-3-1-5-11(13)12-6-2-4-8-14(12)15/h1-8,15-16,19H,9-10H2,(H,18,20)(H,21,22,23)/t16-/m1/s1. The fraction of sp³-hybridized carbons (Fsp3) is 0.235. The molecule has 26 heavy (non-hydrogen) atoms. The normalized spacial score (nSPS) is 14.4. The van der Waals surface area contributed by atoms with E-state index in [1.807, 2.05) is 48.5 Å². The van der Waals surface area contributed by atoms with Crippen LogP contribution in [-0.2, 0) is 13.9 Å². The van der Waals surface area contributed by atoms with Crippen molar-refractivity contribution in [2.45, 2.75) is 12.1 Å². The van der Waals surface area contributed by atoms with Gasteiger partial charge in [-0.25, -0.2) is 4.79 Å². The first-order chi connectivity index (χ1) is 12.3. The average molecular weight is 395 g/mol. The number of fused-ring (bicyclic) bond motifs is 3. The number of hydrogen-bond acceptors (Lipinski definition) is 6. The third-order valence-corrected chi connectivity index (χ3v) is 6.05. The molecule has 0 fully saturated rings. The molecule has 1 amide bonds. The molecule has 0 heterocycles. The first-order valence-corrected chi connectivity index (χ1v) is 10.7. The van der Waals surface area contributed by atoms with E-state index in [1.165, 1.54) is 0 Å². The van der Waals surface area contributed by atoms with Gasteiger partial charge in [0.2, 0.25) is 0 Å². The molecule has 9 heteroatoms. The Hall–Kier alpha value is -2.07. The molecule has 3 rings (SSSR count). The lowest BCUT2D eigenvalue weighted by Gasteiger charge is -2.16. The summed E-state index contributed by atoms with van der Waals surface area (Å²) in [4.78, 5) is 11.8. The number of amides is 1. The second kappa shape index (κ2) is 7.67. The van der Waals surface area contributed by atoms with Crippen LogP contribution in [0.4, 0.5) is 4.79 Å². The molecule has 3 N–H and O–H groups in total. The zero-order chi connectivity index (χ0) is 18.7. The van der Waals surface area contributed by atoms with Crippen molar-refractivity contribution < 1.29 is 27.6 Å². The molecule has 1 aliphatic rings. The lowest BCUT2D eigenvalue weighted by molar-refractivity contribution is 0.107. The number of aliphatic hydroxyl groups excluding tert-OH is 1. The molecular weight excluding hydrogens is 378 g/mol. The molecule has 0 aliphatic heterocycles. The van der Waals surface area contributed by atoms with Crippen molar-refractivity contribution >= 4 is 26.0 Å². The Kier molecular flexibility index (Phi) is 5.52. The summed E-state index contributed by atoms with van der Waals surface area (Å²) in [5.74, 6) is -0.527. The number of benzene rings is 2. The van der Waals surface area contributed by atoms with Crippen LogP contribution in [0.3, 0.4) is 0 Å². The Bertz CT molecular complexity index is 869. The molecule has 138 valence electrons. The maximum atomic E-state index is 11.8. The van der Waals surface area contributed by atoms with Crippen molar-refractivity contribution in [1.82, 2.24) is 5.32 Å². The van der Waals surface area contributed by atoms with Gasteiger partial charge in [0.1, 0.15) is 12.8 Å². The van der Waals surface area contributed by atoms with Gasteiger partial charge >= 0.3 is 15.2 Å². The minimum absolute atomic E-state index is 0.0814. The highest BCUT2D eigenvalue weighted by Gasteiger charge is 2.29. The van der Waals surface area contributed by atoms with Crippen LogP contribution in [0.25, 0.3) is 11.1 Å². The fourth-order valence-electron chi connectivity index (χ4n) is 2.97. The smallest absolute Gasteiger partial charge is 0.409 e. The second-order valence-corrected chi connectivity index (χ2v) is 9.09. The van der Waals surface area contributed by atoms with Gasteiger partial charge in [-0.05, 0) is 22.3 Å². The third-order valence-electron chi connectivity index (χ3n) is 4.00. The first-order valence-electron chi connectivity index (χ1n) is 7.76. The summed E-state index contributed by atoms with van der Waals surface area (Å²) in [5.41, 5.74) is 4.32. The van der Waals surface area contributed by atoms with Gasteiger partial charge in [-0.15, -0.1) is 0 Å². The largest absolute Gasteiger partial charge is 0.448 e. The summed E-state index contributed by atoms with van der Waals surface area (Å²) in [7, 11) is -4.17. The SMILES string of the molecule is O=C(N[C@H](O)CSS(=O)(=O)O)OCC1c2ccccc2-c2ccccc21. The predicted molar refractivity (Wildman–Crippen MR) is 98.2 cm³/mol. The maximum absolute atomic E-state index is 11.8. The number of hydrogen-bond donors (Lipinski definition) is 3. The van der Waals surface area contributed by atoms with Crippen molar-refractivity contribution in [3.8, 4) is 11.1 Å². The highest BCUT2D eigenvalue weighted by Crippen LogP contribution is 2.44. The van der Waals surface area contributed by atoms with Crippen LogP contribution >= 0.6 is 10.8 Å².